The van der Waals surface area contributed by atoms with Crippen molar-refractivity contribution in [3.63, 3.8) is 0 Å². The molecule has 0 aliphatic carbocycles. The second-order valence-corrected chi connectivity index (χ2v) is 6.20. The standard InChI is InChI=1S/C12H18BrNS/c1-4-8(2)15-12-7-10(13)5-6-11(12)9(3)14/h5-9H,4,14H2,1-3H3. The summed E-state index contributed by atoms with van der Waals surface area (Å²) in [6.45, 7) is 6.49. The van der Waals surface area contributed by atoms with Crippen molar-refractivity contribution in [1.82, 2.24) is 0 Å². The number of nitrogens with two attached hydrogens (primary N) is 1. The van der Waals surface area contributed by atoms with E-state index in [2.05, 4.69) is 48.0 Å². The van der Waals surface area contributed by atoms with Crippen LogP contribution < -0.4 is 5.73 Å². The molecule has 1 nitrogen and oxygen atoms in total. The van der Waals surface area contributed by atoms with Gasteiger partial charge in [-0.3, -0.25) is 0 Å². The molecule has 2 N–H and O–H groups in total. The van der Waals surface area contributed by atoms with Crippen LogP contribution in [0.1, 0.15) is 38.8 Å². The first-order chi connectivity index (χ1) is 7.04. The van der Waals surface area contributed by atoms with Gasteiger partial charge in [0, 0.05) is 20.7 Å². The van der Waals surface area contributed by atoms with Crippen molar-refractivity contribution in [3.05, 3.63) is 28.2 Å². The van der Waals surface area contributed by atoms with E-state index in [0.29, 0.717) is 5.25 Å². The normalized spacial score (nSPS) is 15.0. The Kier molecular flexibility index (Phi) is 5.16. The van der Waals surface area contributed by atoms with Crippen LogP contribution in [0.25, 0.3) is 0 Å². The maximum atomic E-state index is 5.95. The van der Waals surface area contributed by atoms with Gasteiger partial charge in [0.05, 0.1) is 0 Å². The van der Waals surface area contributed by atoms with Crippen LogP contribution in [0.3, 0.4) is 0 Å². The van der Waals surface area contributed by atoms with Gasteiger partial charge in [-0.05, 0) is 31.0 Å². The Morgan fingerprint density at radius 2 is 2.07 bits per heavy atom. The van der Waals surface area contributed by atoms with E-state index in [-0.39, 0.29) is 6.04 Å². The van der Waals surface area contributed by atoms with Gasteiger partial charge in [-0.1, -0.05) is 35.8 Å². The topological polar surface area (TPSA) is 26.0 Å². The summed E-state index contributed by atoms with van der Waals surface area (Å²) in [5.41, 5.74) is 7.19. The van der Waals surface area contributed by atoms with Crippen molar-refractivity contribution >= 4 is 27.7 Å². The van der Waals surface area contributed by atoms with Crippen LogP contribution in [0.4, 0.5) is 0 Å². The van der Waals surface area contributed by atoms with Crippen molar-refractivity contribution in [1.29, 1.82) is 0 Å². The zero-order valence-electron chi connectivity index (χ0n) is 9.46. The smallest absolute Gasteiger partial charge is 0.0277 e. The summed E-state index contributed by atoms with van der Waals surface area (Å²) in [7, 11) is 0. The van der Waals surface area contributed by atoms with Crippen LogP contribution >= 0.6 is 27.7 Å². The third kappa shape index (κ3) is 3.82. The molecule has 0 aromatic heterocycles. The second-order valence-electron chi connectivity index (χ2n) is 3.81. The molecule has 0 aliphatic rings. The summed E-state index contributed by atoms with van der Waals surface area (Å²) in [6, 6.07) is 6.43. The minimum atomic E-state index is 0.102. The molecule has 0 radical (unpaired) electrons. The Hall–Kier alpha value is 0.01000. The molecule has 0 amide bonds. The number of halogens is 1. The Labute approximate surface area is 105 Å². The van der Waals surface area contributed by atoms with Gasteiger partial charge < -0.3 is 5.73 Å². The fraction of sp³-hybridized carbons (Fsp3) is 0.500. The molecular weight excluding hydrogens is 270 g/mol. The van der Waals surface area contributed by atoms with Crippen LogP contribution in [0.2, 0.25) is 0 Å². The lowest BCUT2D eigenvalue weighted by molar-refractivity contribution is 0.795. The first-order valence-corrected chi connectivity index (χ1v) is 6.93. The molecule has 0 saturated carbocycles. The molecule has 0 heterocycles. The third-order valence-corrected chi connectivity index (χ3v) is 4.21. The SMILES string of the molecule is CCC(C)Sc1cc(Br)ccc1C(C)N. The fourth-order valence-electron chi connectivity index (χ4n) is 1.29. The molecule has 0 spiro atoms. The van der Waals surface area contributed by atoms with Crippen LogP contribution in [-0.2, 0) is 0 Å². The summed E-state index contributed by atoms with van der Waals surface area (Å²) in [6.07, 6.45) is 1.18. The van der Waals surface area contributed by atoms with Gasteiger partial charge in [0.15, 0.2) is 0 Å². The van der Waals surface area contributed by atoms with Gasteiger partial charge in [0.2, 0.25) is 0 Å². The van der Waals surface area contributed by atoms with Gasteiger partial charge in [-0.15, -0.1) is 11.8 Å². The highest BCUT2D eigenvalue weighted by Gasteiger charge is 2.10. The lowest BCUT2D eigenvalue weighted by Gasteiger charge is -2.15. The summed E-state index contributed by atoms with van der Waals surface area (Å²) < 4.78 is 1.12. The highest BCUT2D eigenvalue weighted by Crippen LogP contribution is 2.33. The maximum absolute atomic E-state index is 5.95. The molecule has 15 heavy (non-hydrogen) atoms. The lowest BCUT2D eigenvalue weighted by Crippen LogP contribution is -2.07. The van der Waals surface area contributed by atoms with Gasteiger partial charge in [0.25, 0.3) is 0 Å². The van der Waals surface area contributed by atoms with Gasteiger partial charge >= 0.3 is 0 Å². The van der Waals surface area contributed by atoms with E-state index in [4.69, 9.17) is 5.73 Å². The second kappa shape index (κ2) is 5.92. The highest BCUT2D eigenvalue weighted by atomic mass is 79.9. The Morgan fingerprint density at radius 1 is 1.40 bits per heavy atom. The predicted octanol–water partition coefficient (Wildman–Crippen LogP) is 4.36. The predicted molar refractivity (Wildman–Crippen MR) is 72.4 cm³/mol. The first kappa shape index (κ1) is 13.1. The Balaban J connectivity index is 2.96. The summed E-state index contributed by atoms with van der Waals surface area (Å²) >= 11 is 5.41. The van der Waals surface area contributed by atoms with Crippen LogP contribution in [0.15, 0.2) is 27.6 Å². The Bertz CT molecular complexity index is 325. The molecular formula is C12H18BrNS. The van der Waals surface area contributed by atoms with Crippen molar-refractivity contribution in [2.24, 2.45) is 5.73 Å². The van der Waals surface area contributed by atoms with Crippen molar-refractivity contribution in [2.45, 2.75) is 43.4 Å². The molecule has 0 aliphatic heterocycles. The van der Waals surface area contributed by atoms with E-state index in [1.807, 2.05) is 18.7 Å². The first-order valence-electron chi connectivity index (χ1n) is 5.26. The van der Waals surface area contributed by atoms with Crippen molar-refractivity contribution in [3.8, 4) is 0 Å². The van der Waals surface area contributed by atoms with E-state index in [1.165, 1.54) is 16.9 Å². The highest BCUT2D eigenvalue weighted by molar-refractivity contribution is 9.10. The number of thioether (sulfide) groups is 1. The van der Waals surface area contributed by atoms with E-state index in [1.54, 1.807) is 0 Å². The minimum absolute atomic E-state index is 0.102. The maximum Gasteiger partial charge on any atom is 0.0277 e. The van der Waals surface area contributed by atoms with Gasteiger partial charge in [0.1, 0.15) is 0 Å². The van der Waals surface area contributed by atoms with E-state index < -0.39 is 0 Å². The van der Waals surface area contributed by atoms with E-state index >= 15 is 0 Å². The molecule has 84 valence electrons. The van der Waals surface area contributed by atoms with E-state index in [0.717, 1.165) is 4.47 Å². The molecule has 0 saturated heterocycles. The van der Waals surface area contributed by atoms with Crippen LogP contribution in [0, 0.1) is 0 Å². The van der Waals surface area contributed by atoms with Crippen molar-refractivity contribution in [2.75, 3.05) is 0 Å². The third-order valence-electron chi connectivity index (χ3n) is 2.37. The lowest BCUT2D eigenvalue weighted by atomic mass is 10.1. The molecule has 1 aromatic rings. The molecule has 0 bridgehead atoms. The van der Waals surface area contributed by atoms with Crippen molar-refractivity contribution < 1.29 is 0 Å². The van der Waals surface area contributed by atoms with Gasteiger partial charge in [-0.25, -0.2) is 0 Å². The van der Waals surface area contributed by atoms with Crippen LogP contribution in [0.5, 0.6) is 0 Å². The summed E-state index contributed by atoms with van der Waals surface area (Å²) in [4.78, 5) is 1.30. The molecule has 1 rings (SSSR count). The average Bonchev–Trinajstić information content (AvgIpc) is 2.17. The quantitative estimate of drug-likeness (QED) is 0.833. The number of benzene rings is 1. The minimum Gasteiger partial charge on any atom is -0.324 e. The summed E-state index contributed by atoms with van der Waals surface area (Å²) in [5, 5.41) is 0.636. The molecule has 3 heteroatoms. The summed E-state index contributed by atoms with van der Waals surface area (Å²) in [5.74, 6) is 0. The largest absolute Gasteiger partial charge is 0.324 e. The zero-order chi connectivity index (χ0) is 11.4. The molecule has 2 unspecified atom stereocenters. The molecule has 1 aromatic carbocycles. The number of hydrogen-bond acceptors (Lipinski definition) is 2. The van der Waals surface area contributed by atoms with Crippen LogP contribution in [-0.4, -0.2) is 5.25 Å². The Morgan fingerprint density at radius 3 is 2.60 bits per heavy atom. The van der Waals surface area contributed by atoms with Gasteiger partial charge in [-0.2, -0.15) is 0 Å². The zero-order valence-corrected chi connectivity index (χ0v) is 11.9. The van der Waals surface area contributed by atoms with E-state index in [9.17, 15) is 0 Å². The monoisotopic (exact) mass is 287 g/mol. The molecule has 2 atom stereocenters. The molecule has 0 fully saturated rings. The number of hydrogen-bond donors (Lipinski definition) is 1. The average molecular weight is 288 g/mol. The number of rotatable bonds is 4. The fourth-order valence-corrected chi connectivity index (χ4v) is 2.98.